The molecule has 2 rings (SSSR count). The normalized spacial score (nSPS) is 22.5. The number of nitrogens with one attached hydrogen (secondary N) is 1. The molecule has 0 bridgehead atoms. The van der Waals surface area contributed by atoms with Crippen molar-refractivity contribution in [1.82, 2.24) is 10.2 Å². The maximum absolute atomic E-state index is 12.4. The van der Waals surface area contributed by atoms with Crippen molar-refractivity contribution in [3.05, 3.63) is 34.3 Å². The molecular weight excluding hydrogens is 360 g/mol. The highest BCUT2D eigenvalue weighted by molar-refractivity contribution is 9.10. The van der Waals surface area contributed by atoms with Crippen molar-refractivity contribution >= 4 is 27.9 Å². The van der Waals surface area contributed by atoms with E-state index in [-0.39, 0.29) is 24.5 Å². The van der Waals surface area contributed by atoms with Crippen LogP contribution in [0.2, 0.25) is 0 Å². The molecule has 126 valence electrons. The van der Waals surface area contributed by atoms with Crippen molar-refractivity contribution in [2.45, 2.75) is 32.7 Å². The summed E-state index contributed by atoms with van der Waals surface area (Å²) in [5.41, 5.74) is 1.15. The molecule has 0 spiro atoms. The molecule has 1 aromatic rings. The number of halogens is 1. The average molecular weight is 383 g/mol. The zero-order chi connectivity index (χ0) is 17.0. The molecule has 2 amide bonds. The molecule has 2 N–H and O–H groups in total. The van der Waals surface area contributed by atoms with Gasteiger partial charge in [-0.1, -0.05) is 35.0 Å². The van der Waals surface area contributed by atoms with E-state index >= 15 is 0 Å². The van der Waals surface area contributed by atoms with Crippen molar-refractivity contribution in [2.24, 2.45) is 11.8 Å². The molecule has 0 aliphatic carbocycles. The second kappa shape index (κ2) is 7.81. The summed E-state index contributed by atoms with van der Waals surface area (Å²) in [7, 11) is 0. The van der Waals surface area contributed by atoms with E-state index in [0.717, 1.165) is 16.5 Å². The third-order valence-corrected chi connectivity index (χ3v) is 4.65. The fraction of sp³-hybridized carbons (Fsp3) is 0.529. The summed E-state index contributed by atoms with van der Waals surface area (Å²) in [4.78, 5) is 25.2. The van der Waals surface area contributed by atoms with Crippen molar-refractivity contribution < 1.29 is 14.7 Å². The Morgan fingerprint density at radius 2 is 2.00 bits per heavy atom. The lowest BCUT2D eigenvalue weighted by Crippen LogP contribution is -2.51. The van der Waals surface area contributed by atoms with Crippen LogP contribution in [0.4, 0.5) is 4.79 Å². The fourth-order valence-electron chi connectivity index (χ4n) is 3.02. The number of hydrogen-bond acceptors (Lipinski definition) is 2. The minimum Gasteiger partial charge on any atom is -0.481 e. The van der Waals surface area contributed by atoms with Crippen LogP contribution in [-0.4, -0.2) is 41.1 Å². The van der Waals surface area contributed by atoms with E-state index in [2.05, 4.69) is 21.2 Å². The van der Waals surface area contributed by atoms with Gasteiger partial charge < -0.3 is 15.3 Å². The molecule has 0 aromatic heterocycles. The standard InChI is InChI=1S/C17H23BrN2O3/c1-11-7-14(16(21)22)10-20(9-11)17(23)19-12(2)8-13-3-5-15(18)6-4-13/h3-6,11-12,14H,7-10H2,1-2H3,(H,19,23)(H,21,22). The number of piperidine rings is 1. The van der Waals surface area contributed by atoms with E-state index in [1.165, 1.54) is 0 Å². The van der Waals surface area contributed by atoms with Crippen LogP contribution in [0.5, 0.6) is 0 Å². The smallest absolute Gasteiger partial charge is 0.317 e. The first-order valence-corrected chi connectivity index (χ1v) is 8.67. The van der Waals surface area contributed by atoms with Gasteiger partial charge in [0.25, 0.3) is 0 Å². The Morgan fingerprint density at radius 3 is 2.61 bits per heavy atom. The predicted octanol–water partition coefficient (Wildman–Crippen LogP) is 3.13. The zero-order valence-electron chi connectivity index (χ0n) is 13.5. The number of benzene rings is 1. The molecule has 1 fully saturated rings. The van der Waals surface area contributed by atoms with E-state index in [1.54, 1.807) is 4.90 Å². The van der Waals surface area contributed by atoms with Gasteiger partial charge in [0.15, 0.2) is 0 Å². The van der Waals surface area contributed by atoms with Crippen molar-refractivity contribution in [2.75, 3.05) is 13.1 Å². The van der Waals surface area contributed by atoms with Gasteiger partial charge >= 0.3 is 12.0 Å². The largest absolute Gasteiger partial charge is 0.481 e. The zero-order valence-corrected chi connectivity index (χ0v) is 15.0. The number of nitrogens with zero attached hydrogens (tertiary/aromatic N) is 1. The Hall–Kier alpha value is -1.56. The van der Waals surface area contributed by atoms with E-state index in [4.69, 9.17) is 0 Å². The molecule has 0 radical (unpaired) electrons. The van der Waals surface area contributed by atoms with Crippen LogP contribution in [-0.2, 0) is 11.2 Å². The van der Waals surface area contributed by atoms with Gasteiger partial charge in [0, 0.05) is 23.6 Å². The average Bonchev–Trinajstić information content (AvgIpc) is 2.48. The van der Waals surface area contributed by atoms with Gasteiger partial charge in [-0.25, -0.2) is 4.79 Å². The maximum atomic E-state index is 12.4. The first kappa shape index (κ1) is 17.8. The Kier molecular flexibility index (Phi) is 6.04. The van der Waals surface area contributed by atoms with Crippen molar-refractivity contribution in [3.8, 4) is 0 Å². The molecule has 5 nitrogen and oxygen atoms in total. The maximum Gasteiger partial charge on any atom is 0.317 e. The van der Waals surface area contributed by atoms with Crippen LogP contribution in [0.1, 0.15) is 25.8 Å². The van der Waals surface area contributed by atoms with Crippen LogP contribution in [0.25, 0.3) is 0 Å². The lowest BCUT2D eigenvalue weighted by molar-refractivity contribution is -0.143. The first-order valence-electron chi connectivity index (χ1n) is 7.88. The van der Waals surface area contributed by atoms with Gasteiger partial charge in [0.2, 0.25) is 0 Å². The van der Waals surface area contributed by atoms with Gasteiger partial charge in [-0.05, 0) is 43.4 Å². The Morgan fingerprint density at radius 1 is 1.35 bits per heavy atom. The molecule has 1 heterocycles. The fourth-order valence-corrected chi connectivity index (χ4v) is 3.29. The number of likely N-dealkylation sites (tertiary alicyclic amines) is 1. The summed E-state index contributed by atoms with van der Waals surface area (Å²) in [6.45, 7) is 4.85. The molecular formula is C17H23BrN2O3. The van der Waals surface area contributed by atoms with E-state index in [1.807, 2.05) is 38.1 Å². The summed E-state index contributed by atoms with van der Waals surface area (Å²) >= 11 is 3.40. The highest BCUT2D eigenvalue weighted by Gasteiger charge is 2.32. The molecule has 1 saturated heterocycles. The molecule has 0 saturated carbocycles. The van der Waals surface area contributed by atoms with E-state index in [9.17, 15) is 14.7 Å². The summed E-state index contributed by atoms with van der Waals surface area (Å²) in [6, 6.07) is 7.82. The van der Waals surface area contributed by atoms with Crippen molar-refractivity contribution in [3.63, 3.8) is 0 Å². The lowest BCUT2D eigenvalue weighted by atomic mass is 9.91. The number of urea groups is 1. The number of carboxylic acid groups (broad SMARTS) is 1. The van der Waals surface area contributed by atoms with Crippen LogP contribution in [0.3, 0.4) is 0 Å². The lowest BCUT2D eigenvalue weighted by Gasteiger charge is -2.35. The number of amides is 2. The predicted molar refractivity (Wildman–Crippen MR) is 92.3 cm³/mol. The van der Waals surface area contributed by atoms with Crippen LogP contribution in [0, 0.1) is 11.8 Å². The van der Waals surface area contributed by atoms with Gasteiger partial charge in [-0.3, -0.25) is 4.79 Å². The van der Waals surface area contributed by atoms with Gasteiger partial charge in [0.05, 0.1) is 5.92 Å². The summed E-state index contributed by atoms with van der Waals surface area (Å²) in [6.07, 6.45) is 1.37. The van der Waals surface area contributed by atoms with E-state index < -0.39 is 11.9 Å². The first-order chi connectivity index (χ1) is 10.8. The molecule has 1 aliphatic rings. The minimum atomic E-state index is -0.822. The van der Waals surface area contributed by atoms with Crippen LogP contribution >= 0.6 is 15.9 Å². The summed E-state index contributed by atoms with van der Waals surface area (Å²) in [5.74, 6) is -1.08. The SMILES string of the molecule is CC1CC(C(=O)O)CN(C(=O)NC(C)Cc2ccc(Br)cc2)C1. The second-order valence-corrected chi connectivity index (χ2v) is 7.38. The monoisotopic (exact) mass is 382 g/mol. The van der Waals surface area contributed by atoms with Gasteiger partial charge in [0.1, 0.15) is 0 Å². The highest BCUT2D eigenvalue weighted by Crippen LogP contribution is 2.22. The number of carbonyl (C=O) groups excluding carboxylic acids is 1. The Bertz CT molecular complexity index is 561. The number of aliphatic carboxylic acids is 1. The molecule has 1 aromatic carbocycles. The summed E-state index contributed by atoms with van der Waals surface area (Å²) in [5, 5.41) is 12.2. The number of rotatable bonds is 4. The highest BCUT2D eigenvalue weighted by atomic mass is 79.9. The third kappa shape index (κ3) is 5.23. The van der Waals surface area contributed by atoms with Gasteiger partial charge in [-0.15, -0.1) is 0 Å². The quantitative estimate of drug-likeness (QED) is 0.840. The molecule has 3 unspecified atom stereocenters. The second-order valence-electron chi connectivity index (χ2n) is 6.46. The molecule has 1 aliphatic heterocycles. The van der Waals surface area contributed by atoms with Crippen molar-refractivity contribution in [1.29, 1.82) is 0 Å². The Balaban J connectivity index is 1.89. The van der Waals surface area contributed by atoms with Crippen LogP contribution < -0.4 is 5.32 Å². The van der Waals surface area contributed by atoms with Gasteiger partial charge in [-0.2, -0.15) is 0 Å². The third-order valence-electron chi connectivity index (χ3n) is 4.12. The van der Waals surface area contributed by atoms with Crippen LogP contribution in [0.15, 0.2) is 28.7 Å². The summed E-state index contributed by atoms with van der Waals surface area (Å²) < 4.78 is 1.03. The number of carboxylic acids is 1. The Labute approximate surface area is 145 Å². The molecule has 6 heteroatoms. The van der Waals surface area contributed by atoms with E-state index in [0.29, 0.717) is 13.0 Å². The molecule has 3 atom stereocenters. The number of hydrogen-bond donors (Lipinski definition) is 2. The molecule has 23 heavy (non-hydrogen) atoms. The topological polar surface area (TPSA) is 69.6 Å². The minimum absolute atomic E-state index is 0.0100. The number of carbonyl (C=O) groups is 2.